The first kappa shape index (κ1) is 29.1. The molecule has 1 saturated carbocycles. The van der Waals surface area contributed by atoms with Crippen LogP contribution in [0.2, 0.25) is 0 Å². The molecule has 6 rings (SSSR count). The molecule has 0 bridgehead atoms. The Morgan fingerprint density at radius 1 is 1.05 bits per heavy atom. The van der Waals surface area contributed by atoms with Gasteiger partial charge in [-0.05, 0) is 68.0 Å². The number of halogens is 3. The van der Waals surface area contributed by atoms with Gasteiger partial charge in [0.1, 0.15) is 5.75 Å². The van der Waals surface area contributed by atoms with Crippen LogP contribution < -0.4 is 15.0 Å². The fraction of sp³-hybridized carbons (Fsp3) is 0.323. The number of hydrogen-bond donors (Lipinski definition) is 2. The van der Waals surface area contributed by atoms with Crippen LogP contribution in [0.3, 0.4) is 0 Å². The zero-order valence-electron chi connectivity index (χ0n) is 23.7. The Bertz CT molecular complexity index is 1620. The molecule has 4 aromatic rings. The van der Waals surface area contributed by atoms with Crippen LogP contribution in [0.1, 0.15) is 23.5 Å². The predicted octanol–water partition coefficient (Wildman–Crippen LogP) is 5.36. The first-order chi connectivity index (χ1) is 20.0. The lowest BCUT2D eigenvalue weighted by atomic mass is 9.91. The van der Waals surface area contributed by atoms with Crippen molar-refractivity contribution in [2.75, 3.05) is 51.6 Å². The van der Waals surface area contributed by atoms with Crippen molar-refractivity contribution in [2.24, 2.45) is 0 Å². The summed E-state index contributed by atoms with van der Waals surface area (Å²) in [5, 5.41) is 12.0. The molecule has 1 aromatic heterocycles. The highest BCUT2D eigenvalue weighted by Crippen LogP contribution is 2.65. The summed E-state index contributed by atoms with van der Waals surface area (Å²) in [6, 6.07) is 20.8. The topological polar surface area (TPSA) is 90.6 Å². The molecule has 3 aromatic carbocycles. The maximum absolute atomic E-state index is 13.0. The minimum atomic E-state index is -4.64. The van der Waals surface area contributed by atoms with Gasteiger partial charge in [-0.2, -0.15) is 18.3 Å². The van der Waals surface area contributed by atoms with Gasteiger partial charge in [0.25, 0.3) is 0 Å². The van der Waals surface area contributed by atoms with E-state index in [-0.39, 0.29) is 11.8 Å². The molecule has 1 aliphatic heterocycles. The van der Waals surface area contributed by atoms with Crippen LogP contribution in [0.5, 0.6) is 5.75 Å². The number of anilines is 2. The summed E-state index contributed by atoms with van der Waals surface area (Å²) < 4.78 is 36.7. The molecule has 42 heavy (non-hydrogen) atoms. The first-order valence-electron chi connectivity index (χ1n) is 13.4. The average molecular weight is 580 g/mol. The second-order valence-corrected chi connectivity index (χ2v) is 10.9. The van der Waals surface area contributed by atoms with E-state index in [1.165, 1.54) is 5.69 Å². The van der Waals surface area contributed by atoms with Crippen LogP contribution >= 0.6 is 0 Å². The lowest BCUT2D eigenvalue weighted by Gasteiger charge is -2.21. The largest absolute Gasteiger partial charge is 0.497 e. The molecule has 0 radical (unpaired) electrons. The molecule has 2 atom stereocenters. The monoisotopic (exact) mass is 579 g/mol. The third kappa shape index (κ3) is 5.56. The van der Waals surface area contributed by atoms with Gasteiger partial charge in [0.15, 0.2) is 0 Å². The zero-order chi connectivity index (χ0) is 30.2. The van der Waals surface area contributed by atoms with Crippen LogP contribution in [-0.2, 0) is 15.0 Å². The van der Waals surface area contributed by atoms with Crippen molar-refractivity contribution in [2.45, 2.75) is 23.9 Å². The van der Waals surface area contributed by atoms with Crippen molar-refractivity contribution in [3.63, 3.8) is 0 Å². The van der Waals surface area contributed by atoms with Crippen molar-refractivity contribution in [3.05, 3.63) is 71.8 Å². The number of benzene rings is 3. The summed E-state index contributed by atoms with van der Waals surface area (Å²) in [7, 11) is 7.96. The second kappa shape index (κ2) is 11.1. The van der Waals surface area contributed by atoms with Gasteiger partial charge in [0.05, 0.1) is 23.7 Å². The molecule has 1 amide bonds. The van der Waals surface area contributed by atoms with E-state index in [4.69, 9.17) is 9.53 Å². The summed E-state index contributed by atoms with van der Waals surface area (Å²) in [5.41, 5.74) is 6.78. The number of hydrogen-bond acceptors (Lipinski definition) is 6. The summed E-state index contributed by atoms with van der Waals surface area (Å²) in [4.78, 5) is 26.2. The SMILES string of the molecule is COc1ccc2c(c1)[C@]1(C[C@H]1c1ccc3c(-c4ccc(N(C)CCN(C)C)cc4)n[nH]c3c1)C(=O)N2.O=CC(F)(F)F. The molecule has 1 fully saturated rings. The predicted molar refractivity (Wildman–Crippen MR) is 156 cm³/mol. The molecule has 220 valence electrons. The molecule has 2 aliphatic rings. The van der Waals surface area contributed by atoms with Crippen molar-refractivity contribution in [1.29, 1.82) is 0 Å². The maximum Gasteiger partial charge on any atom is 0.446 e. The quantitative estimate of drug-likeness (QED) is 0.287. The van der Waals surface area contributed by atoms with Crippen LogP contribution in [0.15, 0.2) is 60.7 Å². The third-order valence-corrected chi connectivity index (χ3v) is 7.91. The third-order valence-electron chi connectivity index (χ3n) is 7.91. The number of nitrogens with one attached hydrogen (secondary N) is 2. The number of nitrogens with zero attached hydrogens (tertiary/aromatic N) is 3. The number of carbonyl (C=O) groups excluding carboxylic acids is 2. The summed E-state index contributed by atoms with van der Waals surface area (Å²) in [5.74, 6) is 0.995. The van der Waals surface area contributed by atoms with E-state index in [9.17, 15) is 18.0 Å². The summed E-state index contributed by atoms with van der Waals surface area (Å²) >= 11 is 0. The Labute approximate surface area is 241 Å². The van der Waals surface area contributed by atoms with Gasteiger partial charge < -0.3 is 19.9 Å². The highest BCUT2D eigenvalue weighted by molar-refractivity contribution is 6.10. The fourth-order valence-electron chi connectivity index (χ4n) is 5.53. The number of carbonyl (C=O) groups is 2. The summed E-state index contributed by atoms with van der Waals surface area (Å²) in [6.45, 7) is 1.98. The number of amides is 1. The molecule has 1 spiro atoms. The molecule has 8 nitrogen and oxygen atoms in total. The number of aromatic nitrogens is 2. The van der Waals surface area contributed by atoms with Gasteiger partial charge in [-0.25, -0.2) is 0 Å². The van der Waals surface area contributed by atoms with Gasteiger partial charge in [-0.1, -0.05) is 24.3 Å². The number of likely N-dealkylation sites (N-methyl/N-ethyl adjacent to an activating group) is 2. The first-order valence-corrected chi connectivity index (χ1v) is 13.4. The number of alkyl halides is 3. The van der Waals surface area contributed by atoms with Gasteiger partial charge in [0.2, 0.25) is 12.2 Å². The Balaban J connectivity index is 0.000000535. The number of H-pyrrole nitrogens is 1. The minimum Gasteiger partial charge on any atom is -0.497 e. The Hall–Kier alpha value is -4.38. The number of aromatic amines is 1. The molecule has 2 N–H and O–H groups in total. The van der Waals surface area contributed by atoms with Crippen molar-refractivity contribution in [1.82, 2.24) is 15.1 Å². The van der Waals surface area contributed by atoms with Gasteiger partial charge in [0, 0.05) is 48.4 Å². The van der Waals surface area contributed by atoms with E-state index < -0.39 is 17.9 Å². The van der Waals surface area contributed by atoms with Crippen molar-refractivity contribution in [3.8, 4) is 17.0 Å². The summed E-state index contributed by atoms with van der Waals surface area (Å²) in [6.07, 6.45) is -4.90. The highest BCUT2D eigenvalue weighted by Gasteiger charge is 2.65. The minimum absolute atomic E-state index is 0.0804. The Kier molecular flexibility index (Phi) is 7.72. The van der Waals surface area contributed by atoms with E-state index >= 15 is 0 Å². The van der Waals surface area contributed by atoms with E-state index in [0.29, 0.717) is 0 Å². The van der Waals surface area contributed by atoms with Crippen LogP contribution in [0, 0.1) is 0 Å². The van der Waals surface area contributed by atoms with Gasteiger partial charge >= 0.3 is 6.18 Å². The average Bonchev–Trinajstić information content (AvgIpc) is 3.50. The van der Waals surface area contributed by atoms with Gasteiger partial charge in [-0.15, -0.1) is 0 Å². The number of ether oxygens (including phenoxy) is 1. The normalized spacial score (nSPS) is 18.9. The van der Waals surface area contributed by atoms with Crippen LogP contribution in [0.4, 0.5) is 24.5 Å². The molecule has 1 aliphatic carbocycles. The van der Waals surface area contributed by atoms with Crippen molar-refractivity contribution >= 4 is 34.5 Å². The number of fused-ring (bicyclic) bond motifs is 3. The Morgan fingerprint density at radius 3 is 2.40 bits per heavy atom. The molecule has 11 heteroatoms. The number of rotatable bonds is 7. The molecule has 0 unspecified atom stereocenters. The van der Waals surface area contributed by atoms with E-state index in [0.717, 1.165) is 64.2 Å². The molecular weight excluding hydrogens is 547 g/mol. The lowest BCUT2D eigenvalue weighted by Crippen LogP contribution is -2.28. The second-order valence-electron chi connectivity index (χ2n) is 10.9. The van der Waals surface area contributed by atoms with Gasteiger partial charge in [-0.3, -0.25) is 14.7 Å². The smallest absolute Gasteiger partial charge is 0.446 e. The Morgan fingerprint density at radius 2 is 1.76 bits per heavy atom. The number of methoxy groups -OCH3 is 1. The molecule has 0 saturated heterocycles. The standard InChI is InChI=1S/C29H31N5O2.C2HF3O/c1-33(2)13-14-34(3)20-8-5-18(6-9-20)27-22-11-7-19(15-26(22)31-32-27)24-17-29(24)23-16-21(36-4)10-12-25(23)30-28(29)35;3-2(4,5)1-6/h5-12,15-16,24H,13-14,17H2,1-4H3,(H,30,35)(H,31,32);1H/t24-,29-;/m0./s1. The van der Waals surface area contributed by atoms with E-state index in [2.05, 4.69) is 88.9 Å². The molecule has 2 heterocycles. The maximum atomic E-state index is 13.0. The van der Waals surface area contributed by atoms with Crippen LogP contribution in [0.25, 0.3) is 22.2 Å². The highest BCUT2D eigenvalue weighted by atomic mass is 19.4. The lowest BCUT2D eigenvalue weighted by molar-refractivity contribution is -0.156. The molecular formula is C31H32F3N5O3. The van der Waals surface area contributed by atoms with E-state index in [1.54, 1.807) is 7.11 Å². The zero-order valence-corrected chi connectivity index (χ0v) is 23.7. The van der Waals surface area contributed by atoms with E-state index in [1.807, 2.05) is 18.2 Å². The van der Waals surface area contributed by atoms with Crippen molar-refractivity contribution < 1.29 is 27.5 Å². The fourth-order valence-corrected chi connectivity index (χ4v) is 5.53. The van der Waals surface area contributed by atoms with Crippen LogP contribution in [-0.4, -0.2) is 74.8 Å². The number of aldehydes is 1.